The quantitative estimate of drug-likeness (QED) is 0.851. The van der Waals surface area contributed by atoms with Gasteiger partial charge in [0.05, 0.1) is 17.0 Å². The summed E-state index contributed by atoms with van der Waals surface area (Å²) in [5, 5.41) is 5.61. The second-order valence-corrected chi connectivity index (χ2v) is 5.77. The SMILES string of the molecule is CCNC(Cc1ccc(F)c(Cl)c1)c1sccc1OC. The first-order chi connectivity index (χ1) is 9.65. The van der Waals surface area contributed by atoms with E-state index in [1.165, 1.54) is 6.07 Å². The van der Waals surface area contributed by atoms with Gasteiger partial charge < -0.3 is 10.1 Å². The molecular weight excluding hydrogens is 297 g/mol. The first-order valence-electron chi connectivity index (χ1n) is 6.44. The van der Waals surface area contributed by atoms with E-state index in [2.05, 4.69) is 12.2 Å². The van der Waals surface area contributed by atoms with Gasteiger partial charge in [-0.2, -0.15) is 0 Å². The maximum absolute atomic E-state index is 13.2. The monoisotopic (exact) mass is 313 g/mol. The summed E-state index contributed by atoms with van der Waals surface area (Å²) in [6.45, 7) is 2.91. The maximum atomic E-state index is 13.2. The van der Waals surface area contributed by atoms with Gasteiger partial charge in [0, 0.05) is 6.04 Å². The van der Waals surface area contributed by atoms with Crippen LogP contribution in [0.1, 0.15) is 23.4 Å². The van der Waals surface area contributed by atoms with Crippen molar-refractivity contribution in [3.8, 4) is 5.75 Å². The van der Waals surface area contributed by atoms with Crippen LogP contribution in [0.2, 0.25) is 5.02 Å². The summed E-state index contributed by atoms with van der Waals surface area (Å²) >= 11 is 7.49. The van der Waals surface area contributed by atoms with E-state index in [1.807, 2.05) is 11.4 Å². The summed E-state index contributed by atoms with van der Waals surface area (Å²) in [5.74, 6) is 0.498. The molecule has 5 heteroatoms. The average molecular weight is 314 g/mol. The van der Waals surface area contributed by atoms with Crippen LogP contribution in [0, 0.1) is 5.82 Å². The molecule has 108 valence electrons. The van der Waals surface area contributed by atoms with Gasteiger partial charge in [-0.25, -0.2) is 4.39 Å². The van der Waals surface area contributed by atoms with E-state index in [0.29, 0.717) is 0 Å². The Morgan fingerprint density at radius 2 is 2.20 bits per heavy atom. The number of benzene rings is 1. The van der Waals surface area contributed by atoms with Crippen molar-refractivity contribution in [2.24, 2.45) is 0 Å². The Bertz CT molecular complexity index is 573. The van der Waals surface area contributed by atoms with E-state index in [9.17, 15) is 4.39 Å². The van der Waals surface area contributed by atoms with Crippen molar-refractivity contribution in [3.05, 3.63) is 50.9 Å². The van der Waals surface area contributed by atoms with Gasteiger partial charge in [-0.1, -0.05) is 24.6 Å². The molecular formula is C15H17ClFNOS. The minimum absolute atomic E-state index is 0.136. The van der Waals surface area contributed by atoms with Gasteiger partial charge in [0.25, 0.3) is 0 Å². The predicted molar refractivity (Wildman–Crippen MR) is 82.4 cm³/mol. The van der Waals surface area contributed by atoms with E-state index in [1.54, 1.807) is 30.6 Å². The first-order valence-corrected chi connectivity index (χ1v) is 7.70. The van der Waals surface area contributed by atoms with Crippen molar-refractivity contribution in [1.82, 2.24) is 5.32 Å². The largest absolute Gasteiger partial charge is 0.496 e. The third-order valence-electron chi connectivity index (χ3n) is 3.07. The molecule has 2 aromatic rings. The fourth-order valence-corrected chi connectivity index (χ4v) is 3.28. The molecule has 1 heterocycles. The van der Waals surface area contributed by atoms with Crippen LogP contribution < -0.4 is 10.1 Å². The number of thiophene rings is 1. The van der Waals surface area contributed by atoms with Crippen molar-refractivity contribution >= 4 is 22.9 Å². The lowest BCUT2D eigenvalue weighted by Crippen LogP contribution is -2.22. The van der Waals surface area contributed by atoms with Crippen molar-refractivity contribution < 1.29 is 9.13 Å². The van der Waals surface area contributed by atoms with Crippen molar-refractivity contribution in [2.75, 3.05) is 13.7 Å². The molecule has 0 saturated heterocycles. The standard InChI is InChI=1S/C15H17ClFNOS/c1-3-18-13(15-14(19-2)6-7-20-15)9-10-4-5-12(17)11(16)8-10/h4-8,13,18H,3,9H2,1-2H3. The predicted octanol–water partition coefficient (Wildman–Crippen LogP) is 4.44. The molecule has 1 atom stereocenters. The number of nitrogens with one attached hydrogen (secondary N) is 1. The zero-order chi connectivity index (χ0) is 14.5. The number of methoxy groups -OCH3 is 1. The highest BCUT2D eigenvalue weighted by Gasteiger charge is 2.17. The molecule has 1 N–H and O–H groups in total. The fourth-order valence-electron chi connectivity index (χ4n) is 2.14. The maximum Gasteiger partial charge on any atom is 0.141 e. The highest BCUT2D eigenvalue weighted by Crippen LogP contribution is 2.33. The third-order valence-corrected chi connectivity index (χ3v) is 4.37. The molecule has 0 saturated carbocycles. The average Bonchev–Trinajstić information content (AvgIpc) is 2.90. The smallest absolute Gasteiger partial charge is 0.141 e. The van der Waals surface area contributed by atoms with Gasteiger partial charge in [-0.05, 0) is 42.1 Å². The number of ether oxygens (including phenoxy) is 1. The number of rotatable bonds is 6. The Hall–Kier alpha value is -1.10. The lowest BCUT2D eigenvalue weighted by atomic mass is 10.0. The normalized spacial score (nSPS) is 12.4. The zero-order valence-corrected chi connectivity index (χ0v) is 13.0. The van der Waals surface area contributed by atoms with Crippen LogP contribution in [0.15, 0.2) is 29.6 Å². The van der Waals surface area contributed by atoms with Gasteiger partial charge in [0.15, 0.2) is 0 Å². The molecule has 0 spiro atoms. The molecule has 0 aliphatic heterocycles. The van der Waals surface area contributed by atoms with E-state index in [0.717, 1.165) is 29.2 Å². The van der Waals surface area contributed by atoms with Crippen molar-refractivity contribution in [3.63, 3.8) is 0 Å². The van der Waals surface area contributed by atoms with E-state index in [4.69, 9.17) is 16.3 Å². The molecule has 0 aliphatic rings. The molecule has 0 aliphatic carbocycles. The first kappa shape index (κ1) is 15.3. The lowest BCUT2D eigenvalue weighted by molar-refractivity contribution is 0.403. The topological polar surface area (TPSA) is 21.3 Å². The van der Waals surface area contributed by atoms with Crippen LogP contribution in [0.4, 0.5) is 4.39 Å². The Morgan fingerprint density at radius 1 is 1.40 bits per heavy atom. The summed E-state index contributed by atoms with van der Waals surface area (Å²) in [6.07, 6.45) is 0.741. The summed E-state index contributed by atoms with van der Waals surface area (Å²) in [6, 6.07) is 6.96. The van der Waals surface area contributed by atoms with Crippen LogP contribution >= 0.6 is 22.9 Å². The van der Waals surface area contributed by atoms with Gasteiger partial charge in [0.1, 0.15) is 11.6 Å². The second kappa shape index (κ2) is 7.07. The number of hydrogen-bond donors (Lipinski definition) is 1. The Kier molecular flexibility index (Phi) is 5.40. The summed E-state index contributed by atoms with van der Waals surface area (Å²) in [4.78, 5) is 1.15. The summed E-state index contributed by atoms with van der Waals surface area (Å²) in [5.41, 5.74) is 0.998. The van der Waals surface area contributed by atoms with Crippen LogP contribution in [0.5, 0.6) is 5.75 Å². The van der Waals surface area contributed by atoms with E-state index < -0.39 is 0 Å². The number of hydrogen-bond acceptors (Lipinski definition) is 3. The zero-order valence-electron chi connectivity index (χ0n) is 11.5. The van der Waals surface area contributed by atoms with E-state index >= 15 is 0 Å². The fraction of sp³-hybridized carbons (Fsp3) is 0.333. The second-order valence-electron chi connectivity index (χ2n) is 4.42. The number of halogens is 2. The van der Waals surface area contributed by atoms with E-state index in [-0.39, 0.29) is 16.9 Å². The molecule has 20 heavy (non-hydrogen) atoms. The minimum Gasteiger partial charge on any atom is -0.496 e. The van der Waals surface area contributed by atoms with Crippen LogP contribution in [0.25, 0.3) is 0 Å². The summed E-state index contributed by atoms with van der Waals surface area (Å²) < 4.78 is 18.6. The minimum atomic E-state index is -0.385. The summed E-state index contributed by atoms with van der Waals surface area (Å²) in [7, 11) is 1.67. The van der Waals surface area contributed by atoms with Crippen LogP contribution in [-0.4, -0.2) is 13.7 Å². The molecule has 0 fully saturated rings. The molecule has 1 aromatic heterocycles. The molecule has 1 aromatic carbocycles. The molecule has 0 amide bonds. The van der Waals surface area contributed by atoms with Crippen LogP contribution in [-0.2, 0) is 6.42 Å². The Balaban J connectivity index is 2.23. The third kappa shape index (κ3) is 3.51. The van der Waals surface area contributed by atoms with Crippen molar-refractivity contribution in [2.45, 2.75) is 19.4 Å². The lowest BCUT2D eigenvalue weighted by Gasteiger charge is -2.18. The van der Waals surface area contributed by atoms with Crippen LogP contribution in [0.3, 0.4) is 0 Å². The van der Waals surface area contributed by atoms with Gasteiger partial charge in [-0.3, -0.25) is 0 Å². The highest BCUT2D eigenvalue weighted by atomic mass is 35.5. The Morgan fingerprint density at radius 3 is 2.85 bits per heavy atom. The molecule has 2 rings (SSSR count). The Labute approximate surface area is 127 Å². The van der Waals surface area contributed by atoms with Gasteiger partial charge in [-0.15, -0.1) is 11.3 Å². The molecule has 0 bridgehead atoms. The number of likely N-dealkylation sites (N-methyl/N-ethyl adjacent to an activating group) is 1. The highest BCUT2D eigenvalue weighted by molar-refractivity contribution is 7.10. The van der Waals surface area contributed by atoms with Gasteiger partial charge >= 0.3 is 0 Å². The van der Waals surface area contributed by atoms with Crippen molar-refractivity contribution in [1.29, 1.82) is 0 Å². The molecule has 2 nitrogen and oxygen atoms in total. The molecule has 0 radical (unpaired) electrons. The van der Waals surface area contributed by atoms with Gasteiger partial charge in [0.2, 0.25) is 0 Å². The molecule has 1 unspecified atom stereocenters.